The fraction of sp³-hybridized carbons (Fsp3) is 0.333. The van der Waals surface area contributed by atoms with Gasteiger partial charge in [-0.25, -0.2) is 4.39 Å². The van der Waals surface area contributed by atoms with Crippen molar-refractivity contribution in [2.24, 2.45) is 5.92 Å². The number of carbonyl (C=O) groups is 2. The highest BCUT2D eigenvalue weighted by Crippen LogP contribution is 2.49. The van der Waals surface area contributed by atoms with E-state index >= 15 is 0 Å². The molecule has 0 unspecified atom stereocenters. The third-order valence-corrected chi connectivity index (χ3v) is 6.08. The lowest BCUT2D eigenvalue weighted by Crippen LogP contribution is -2.43. The van der Waals surface area contributed by atoms with Gasteiger partial charge in [0, 0.05) is 23.1 Å². The van der Waals surface area contributed by atoms with Crippen molar-refractivity contribution in [1.82, 2.24) is 0 Å². The number of rotatable bonds is 4. The van der Waals surface area contributed by atoms with E-state index in [1.165, 1.54) is 6.07 Å². The third kappa shape index (κ3) is 3.58. The number of anilines is 1. The van der Waals surface area contributed by atoms with Gasteiger partial charge in [0.25, 0.3) is 5.91 Å². The average molecular weight is 385 g/mol. The van der Waals surface area contributed by atoms with Crippen LogP contribution >= 0.6 is 11.8 Å². The van der Waals surface area contributed by atoms with Crippen molar-refractivity contribution < 1.29 is 18.7 Å². The van der Waals surface area contributed by atoms with E-state index in [4.69, 9.17) is 4.74 Å². The molecule has 1 aliphatic heterocycles. The molecule has 4 rings (SSSR count). The van der Waals surface area contributed by atoms with Crippen molar-refractivity contribution in [2.75, 3.05) is 17.2 Å². The first-order chi connectivity index (χ1) is 13.1. The zero-order chi connectivity index (χ0) is 19.0. The average Bonchev–Trinajstić information content (AvgIpc) is 3.48. The molecule has 0 bridgehead atoms. The van der Waals surface area contributed by atoms with E-state index in [2.05, 4.69) is 0 Å². The predicted molar refractivity (Wildman–Crippen MR) is 102 cm³/mol. The van der Waals surface area contributed by atoms with Crippen LogP contribution in [-0.4, -0.2) is 30.3 Å². The van der Waals surface area contributed by atoms with Crippen LogP contribution in [0.5, 0.6) is 0 Å². The summed E-state index contributed by atoms with van der Waals surface area (Å²) in [7, 11) is 0. The van der Waals surface area contributed by atoms with E-state index in [0.29, 0.717) is 18.5 Å². The SMILES string of the molecule is C[C@H](OC(=O)[C@H]1C[C@@H]1c1ccccc1F)C(=O)N1CCSc2ccccc21. The largest absolute Gasteiger partial charge is 0.452 e. The second-order valence-corrected chi connectivity index (χ2v) is 7.99. The first-order valence-electron chi connectivity index (χ1n) is 9.04. The van der Waals surface area contributed by atoms with Crippen LogP contribution in [0.15, 0.2) is 53.4 Å². The van der Waals surface area contributed by atoms with E-state index in [1.807, 2.05) is 24.3 Å². The topological polar surface area (TPSA) is 46.6 Å². The van der Waals surface area contributed by atoms with Crippen molar-refractivity contribution in [2.45, 2.75) is 30.3 Å². The number of carbonyl (C=O) groups excluding carboxylic acids is 2. The second kappa shape index (κ2) is 7.35. The minimum absolute atomic E-state index is 0.159. The highest BCUT2D eigenvalue weighted by atomic mass is 32.2. The van der Waals surface area contributed by atoms with Crippen LogP contribution in [0.2, 0.25) is 0 Å². The third-order valence-electron chi connectivity index (χ3n) is 5.03. The number of benzene rings is 2. The number of hydrogen-bond acceptors (Lipinski definition) is 4. The van der Waals surface area contributed by atoms with Gasteiger partial charge in [-0.15, -0.1) is 11.8 Å². The molecule has 2 aromatic carbocycles. The van der Waals surface area contributed by atoms with E-state index in [9.17, 15) is 14.0 Å². The molecule has 1 amide bonds. The van der Waals surface area contributed by atoms with Crippen LogP contribution in [0.25, 0.3) is 0 Å². The molecule has 0 radical (unpaired) electrons. The summed E-state index contributed by atoms with van der Waals surface area (Å²) in [6.45, 7) is 2.19. The van der Waals surface area contributed by atoms with E-state index in [-0.39, 0.29) is 23.6 Å². The molecule has 1 heterocycles. The van der Waals surface area contributed by atoms with Crippen LogP contribution in [0.1, 0.15) is 24.8 Å². The summed E-state index contributed by atoms with van der Waals surface area (Å²) in [4.78, 5) is 28.0. The monoisotopic (exact) mass is 385 g/mol. The van der Waals surface area contributed by atoms with Gasteiger partial charge in [0.1, 0.15) is 5.82 Å². The Balaban J connectivity index is 1.40. The van der Waals surface area contributed by atoms with Crippen molar-refractivity contribution in [3.05, 3.63) is 59.9 Å². The standard InChI is InChI=1S/C21H20FNO3S/c1-13(20(24)23-10-11-27-19-9-5-4-8-18(19)23)26-21(25)16-12-15(16)14-6-2-3-7-17(14)22/h2-9,13,15-16H,10-12H2,1H3/t13-,15+,16-/m0/s1. The Morgan fingerprint density at radius 1 is 1.19 bits per heavy atom. The van der Waals surface area contributed by atoms with Crippen LogP contribution in [0, 0.1) is 11.7 Å². The summed E-state index contributed by atoms with van der Waals surface area (Å²) in [5.74, 6) is -0.678. The Morgan fingerprint density at radius 3 is 2.74 bits per heavy atom. The van der Waals surface area contributed by atoms with Gasteiger partial charge in [-0.3, -0.25) is 9.59 Å². The predicted octanol–water partition coefficient (Wildman–Crippen LogP) is 4.00. The summed E-state index contributed by atoms with van der Waals surface area (Å²) in [5, 5.41) is 0. The smallest absolute Gasteiger partial charge is 0.310 e. The molecular weight excluding hydrogens is 365 g/mol. The number of nitrogens with zero attached hydrogens (tertiary/aromatic N) is 1. The maximum Gasteiger partial charge on any atom is 0.310 e. The molecule has 2 aromatic rings. The van der Waals surface area contributed by atoms with Gasteiger partial charge in [-0.05, 0) is 37.1 Å². The van der Waals surface area contributed by atoms with Crippen molar-refractivity contribution in [3.63, 3.8) is 0 Å². The first kappa shape index (κ1) is 18.0. The van der Waals surface area contributed by atoms with Gasteiger partial charge < -0.3 is 9.64 Å². The molecule has 0 aromatic heterocycles. The Bertz CT molecular complexity index is 887. The zero-order valence-corrected chi connectivity index (χ0v) is 15.7. The Kier molecular flexibility index (Phi) is 4.91. The molecule has 3 atom stereocenters. The lowest BCUT2D eigenvalue weighted by atomic mass is 10.1. The molecule has 4 nitrogen and oxygen atoms in total. The van der Waals surface area contributed by atoms with Gasteiger partial charge in [0.15, 0.2) is 6.10 Å². The van der Waals surface area contributed by atoms with Gasteiger partial charge in [0.2, 0.25) is 0 Å². The highest BCUT2D eigenvalue weighted by Gasteiger charge is 2.47. The molecule has 1 fully saturated rings. The van der Waals surface area contributed by atoms with Gasteiger partial charge in [-0.2, -0.15) is 0 Å². The van der Waals surface area contributed by atoms with Gasteiger partial charge >= 0.3 is 5.97 Å². The number of esters is 1. The normalized spacial score (nSPS) is 21.9. The second-order valence-electron chi connectivity index (χ2n) is 6.86. The molecule has 140 valence electrons. The summed E-state index contributed by atoms with van der Waals surface area (Å²) < 4.78 is 19.3. The quantitative estimate of drug-likeness (QED) is 0.747. The van der Waals surface area contributed by atoms with Crippen molar-refractivity contribution in [3.8, 4) is 0 Å². The van der Waals surface area contributed by atoms with Gasteiger partial charge in [0.05, 0.1) is 11.6 Å². The number of hydrogen-bond donors (Lipinski definition) is 0. The molecule has 1 saturated carbocycles. The molecule has 6 heteroatoms. The first-order valence-corrected chi connectivity index (χ1v) is 10.0. The van der Waals surface area contributed by atoms with Crippen molar-refractivity contribution in [1.29, 1.82) is 0 Å². The van der Waals surface area contributed by atoms with Crippen LogP contribution in [-0.2, 0) is 14.3 Å². The lowest BCUT2D eigenvalue weighted by Gasteiger charge is -2.30. The van der Waals surface area contributed by atoms with E-state index in [1.54, 1.807) is 41.8 Å². The summed E-state index contributed by atoms with van der Waals surface area (Å²) in [6, 6.07) is 14.2. The van der Waals surface area contributed by atoms with E-state index < -0.39 is 12.1 Å². The number of thioether (sulfide) groups is 1. The summed E-state index contributed by atoms with van der Waals surface area (Å²) in [6.07, 6.45) is -0.306. The number of fused-ring (bicyclic) bond motifs is 1. The maximum atomic E-state index is 13.9. The highest BCUT2D eigenvalue weighted by molar-refractivity contribution is 7.99. The van der Waals surface area contributed by atoms with E-state index in [0.717, 1.165) is 16.3 Å². The molecule has 2 aliphatic rings. The van der Waals surface area contributed by atoms with Crippen LogP contribution in [0.4, 0.5) is 10.1 Å². The number of ether oxygens (including phenoxy) is 1. The molecule has 0 spiro atoms. The Morgan fingerprint density at radius 2 is 1.93 bits per heavy atom. The minimum atomic E-state index is -0.865. The molecule has 0 N–H and O–H groups in total. The maximum absolute atomic E-state index is 13.9. The number of para-hydroxylation sites is 1. The summed E-state index contributed by atoms with van der Waals surface area (Å²) in [5.41, 5.74) is 1.40. The minimum Gasteiger partial charge on any atom is -0.452 e. The Hall–Kier alpha value is -2.34. The van der Waals surface area contributed by atoms with Crippen LogP contribution < -0.4 is 4.90 Å². The molecule has 27 heavy (non-hydrogen) atoms. The molecule has 0 saturated heterocycles. The summed E-state index contributed by atoms with van der Waals surface area (Å²) >= 11 is 1.71. The fourth-order valence-corrected chi connectivity index (χ4v) is 4.50. The van der Waals surface area contributed by atoms with Crippen molar-refractivity contribution >= 4 is 29.3 Å². The Labute approximate surface area is 161 Å². The molecular formula is C21H20FNO3S. The zero-order valence-electron chi connectivity index (χ0n) is 14.9. The number of halogens is 1. The number of amides is 1. The fourth-order valence-electron chi connectivity index (χ4n) is 3.50. The van der Waals surface area contributed by atoms with Crippen LogP contribution in [0.3, 0.4) is 0 Å². The van der Waals surface area contributed by atoms with Gasteiger partial charge in [-0.1, -0.05) is 30.3 Å². The molecule has 1 aliphatic carbocycles. The lowest BCUT2D eigenvalue weighted by molar-refractivity contribution is -0.155.